The molecule has 0 saturated carbocycles. The highest BCUT2D eigenvalue weighted by Gasteiger charge is 2.17. The SMILES string of the molecule is CN=C(NCCNS(=O)(=O)c1cccs1)N(C)Cc1nc2c(s1)CCCC2.I. The van der Waals surface area contributed by atoms with Gasteiger partial charge in [0, 0.05) is 32.1 Å². The Bertz CT molecular complexity index is 857. The van der Waals surface area contributed by atoms with Crippen LogP contribution in [0.25, 0.3) is 0 Å². The number of nitrogens with zero attached hydrogens (tertiary/aromatic N) is 3. The fourth-order valence-corrected chi connectivity index (χ4v) is 6.26. The fourth-order valence-electron chi connectivity index (χ4n) is 2.98. The van der Waals surface area contributed by atoms with Crippen LogP contribution in [-0.4, -0.2) is 51.4 Å². The molecule has 0 saturated heterocycles. The molecule has 0 radical (unpaired) electrons. The van der Waals surface area contributed by atoms with Gasteiger partial charge in [0.05, 0.1) is 12.2 Å². The van der Waals surface area contributed by atoms with Crippen LogP contribution in [0, 0.1) is 0 Å². The molecule has 0 amide bonds. The molecule has 11 heteroatoms. The Morgan fingerprint density at radius 3 is 2.79 bits per heavy atom. The molecule has 0 bridgehead atoms. The smallest absolute Gasteiger partial charge is 0.250 e. The van der Waals surface area contributed by atoms with E-state index in [0.717, 1.165) is 23.8 Å². The van der Waals surface area contributed by atoms with Crippen molar-refractivity contribution in [3.05, 3.63) is 33.1 Å². The summed E-state index contributed by atoms with van der Waals surface area (Å²) in [5, 5.41) is 6.05. The summed E-state index contributed by atoms with van der Waals surface area (Å²) in [7, 11) is 0.262. The second-order valence-electron chi connectivity index (χ2n) is 6.34. The summed E-state index contributed by atoms with van der Waals surface area (Å²) in [5.74, 6) is 0.721. The van der Waals surface area contributed by atoms with Gasteiger partial charge in [0.1, 0.15) is 9.22 Å². The Kier molecular flexibility index (Phi) is 9.12. The van der Waals surface area contributed by atoms with Crippen LogP contribution in [-0.2, 0) is 29.4 Å². The van der Waals surface area contributed by atoms with Gasteiger partial charge in [-0.15, -0.1) is 46.7 Å². The van der Waals surface area contributed by atoms with Gasteiger partial charge in [-0.05, 0) is 37.1 Å². The van der Waals surface area contributed by atoms with E-state index in [1.807, 2.05) is 11.9 Å². The molecule has 7 nitrogen and oxygen atoms in total. The van der Waals surface area contributed by atoms with Gasteiger partial charge in [0.2, 0.25) is 10.0 Å². The highest BCUT2D eigenvalue weighted by atomic mass is 127. The standard InChI is InChI=1S/C17H25N5O2S3.HI/c1-18-17(19-9-10-20-27(23,24)16-8-5-11-25-16)22(2)12-15-21-13-6-3-4-7-14(13)26-15;/h5,8,11,20H,3-4,6-7,9-10,12H2,1-2H3,(H,18,19);1H. The van der Waals surface area contributed by atoms with Crippen molar-refractivity contribution in [2.24, 2.45) is 4.99 Å². The molecule has 2 N–H and O–H groups in total. The topological polar surface area (TPSA) is 86.7 Å². The second-order valence-corrected chi connectivity index (χ2v) is 10.5. The molecule has 0 unspecified atom stereocenters. The highest BCUT2D eigenvalue weighted by molar-refractivity contribution is 14.0. The highest BCUT2D eigenvalue weighted by Crippen LogP contribution is 2.27. The van der Waals surface area contributed by atoms with Crippen LogP contribution < -0.4 is 10.0 Å². The Balaban J connectivity index is 0.00000280. The first kappa shape index (κ1) is 23.5. The lowest BCUT2D eigenvalue weighted by Crippen LogP contribution is -2.42. The van der Waals surface area contributed by atoms with Gasteiger partial charge in [0.15, 0.2) is 5.96 Å². The maximum atomic E-state index is 12.1. The number of hydrogen-bond acceptors (Lipinski definition) is 6. The van der Waals surface area contributed by atoms with Crippen molar-refractivity contribution in [1.29, 1.82) is 0 Å². The molecule has 0 spiro atoms. The average molecular weight is 556 g/mol. The van der Waals surface area contributed by atoms with Crippen molar-refractivity contribution in [3.63, 3.8) is 0 Å². The zero-order chi connectivity index (χ0) is 19.3. The number of aliphatic imine (C=N–C) groups is 1. The number of aromatic nitrogens is 1. The number of sulfonamides is 1. The zero-order valence-electron chi connectivity index (χ0n) is 16.0. The normalized spacial score (nSPS) is 14.3. The number of halogens is 1. The summed E-state index contributed by atoms with van der Waals surface area (Å²) < 4.78 is 27.1. The quantitative estimate of drug-likeness (QED) is 0.238. The summed E-state index contributed by atoms with van der Waals surface area (Å²) in [4.78, 5) is 12.5. The molecule has 156 valence electrons. The molecule has 0 atom stereocenters. The minimum Gasteiger partial charge on any atom is -0.355 e. The molecule has 0 aromatic carbocycles. The monoisotopic (exact) mass is 555 g/mol. The molecule has 3 rings (SSSR count). The number of fused-ring (bicyclic) bond motifs is 1. The molecule has 0 aliphatic heterocycles. The largest absolute Gasteiger partial charge is 0.355 e. The lowest BCUT2D eigenvalue weighted by Gasteiger charge is -2.21. The van der Waals surface area contributed by atoms with Crippen LogP contribution in [0.15, 0.2) is 26.7 Å². The first-order chi connectivity index (χ1) is 13.0. The van der Waals surface area contributed by atoms with Crippen LogP contribution in [0.5, 0.6) is 0 Å². The third-order valence-corrected chi connectivity index (χ3v) is 8.30. The van der Waals surface area contributed by atoms with Crippen molar-refractivity contribution in [3.8, 4) is 0 Å². The van der Waals surface area contributed by atoms with Gasteiger partial charge in [-0.1, -0.05) is 6.07 Å². The molecule has 0 fully saturated rings. The van der Waals surface area contributed by atoms with Gasteiger partial charge in [-0.3, -0.25) is 4.99 Å². The van der Waals surface area contributed by atoms with E-state index in [4.69, 9.17) is 4.98 Å². The Morgan fingerprint density at radius 2 is 2.11 bits per heavy atom. The van der Waals surface area contributed by atoms with Gasteiger partial charge in [-0.2, -0.15) is 0 Å². The number of thiophene rings is 1. The van der Waals surface area contributed by atoms with E-state index in [9.17, 15) is 8.42 Å². The number of rotatable bonds is 7. The summed E-state index contributed by atoms with van der Waals surface area (Å²) in [5.41, 5.74) is 1.26. The van der Waals surface area contributed by atoms with E-state index in [0.29, 0.717) is 23.8 Å². The summed E-state index contributed by atoms with van der Waals surface area (Å²) >= 11 is 3.00. The van der Waals surface area contributed by atoms with E-state index in [-0.39, 0.29) is 24.0 Å². The van der Waals surface area contributed by atoms with Crippen molar-refractivity contribution in [1.82, 2.24) is 19.9 Å². The van der Waals surface area contributed by atoms with Crippen LogP contribution in [0.2, 0.25) is 0 Å². The Hall–Kier alpha value is -0.760. The predicted molar refractivity (Wildman–Crippen MR) is 127 cm³/mol. The Labute approximate surface area is 191 Å². The maximum Gasteiger partial charge on any atom is 0.250 e. The third kappa shape index (κ3) is 6.12. The molecule has 2 aromatic rings. The van der Waals surface area contributed by atoms with Crippen LogP contribution in [0.3, 0.4) is 0 Å². The number of guanidine groups is 1. The van der Waals surface area contributed by atoms with Gasteiger partial charge in [-0.25, -0.2) is 18.1 Å². The lowest BCUT2D eigenvalue weighted by molar-refractivity contribution is 0.475. The molecule has 2 heterocycles. The minimum atomic E-state index is -3.43. The average Bonchev–Trinajstić information content (AvgIpc) is 3.31. The molecule has 1 aliphatic carbocycles. The van der Waals surface area contributed by atoms with Crippen LogP contribution in [0.4, 0.5) is 0 Å². The summed E-state index contributed by atoms with van der Waals surface area (Å²) in [6, 6.07) is 3.32. The van der Waals surface area contributed by atoms with Gasteiger partial charge < -0.3 is 10.2 Å². The fraction of sp³-hybridized carbons (Fsp3) is 0.529. The molecule has 1 aliphatic rings. The van der Waals surface area contributed by atoms with Crippen LogP contribution >= 0.6 is 46.7 Å². The Morgan fingerprint density at radius 1 is 1.32 bits per heavy atom. The molecular formula is C17H26IN5O2S3. The van der Waals surface area contributed by atoms with E-state index in [1.54, 1.807) is 35.9 Å². The van der Waals surface area contributed by atoms with E-state index >= 15 is 0 Å². The first-order valence-electron chi connectivity index (χ1n) is 8.92. The van der Waals surface area contributed by atoms with Gasteiger partial charge in [0.25, 0.3) is 0 Å². The predicted octanol–water partition coefficient (Wildman–Crippen LogP) is 2.69. The second kappa shape index (κ2) is 10.9. The van der Waals surface area contributed by atoms with Crippen molar-refractivity contribution >= 4 is 62.6 Å². The van der Waals surface area contributed by atoms with Crippen molar-refractivity contribution in [2.75, 3.05) is 27.2 Å². The lowest BCUT2D eigenvalue weighted by atomic mass is 10.0. The number of aryl methyl sites for hydroxylation is 2. The van der Waals surface area contributed by atoms with E-state index < -0.39 is 10.0 Å². The number of nitrogens with one attached hydrogen (secondary N) is 2. The third-order valence-electron chi connectivity index (χ3n) is 4.30. The van der Waals surface area contributed by atoms with E-state index in [2.05, 4.69) is 15.0 Å². The van der Waals surface area contributed by atoms with Crippen molar-refractivity contribution in [2.45, 2.75) is 36.4 Å². The van der Waals surface area contributed by atoms with Crippen molar-refractivity contribution < 1.29 is 8.42 Å². The number of thiazole rings is 1. The summed E-state index contributed by atoms with van der Waals surface area (Å²) in [6.45, 7) is 1.44. The van der Waals surface area contributed by atoms with E-state index in [1.165, 1.54) is 34.7 Å². The van der Waals surface area contributed by atoms with Crippen LogP contribution in [0.1, 0.15) is 28.4 Å². The maximum absolute atomic E-state index is 12.1. The first-order valence-corrected chi connectivity index (χ1v) is 12.1. The summed E-state index contributed by atoms with van der Waals surface area (Å²) in [6.07, 6.45) is 4.73. The number of hydrogen-bond donors (Lipinski definition) is 2. The molecule has 28 heavy (non-hydrogen) atoms. The molecular weight excluding hydrogens is 529 g/mol. The van der Waals surface area contributed by atoms with Gasteiger partial charge >= 0.3 is 0 Å². The zero-order valence-corrected chi connectivity index (χ0v) is 20.8. The molecule has 2 aromatic heterocycles. The minimum absolute atomic E-state index is 0.